The Bertz CT molecular complexity index is 1500. The minimum Gasteiger partial charge on any atom is -0.593 e. The zero-order valence-electron chi connectivity index (χ0n) is 20.2. The van der Waals surface area contributed by atoms with E-state index < -0.39 is 23.4 Å². The number of hydrogen-bond acceptors (Lipinski definition) is 6. The standard InChI is InChI=1S/C26H24F3N5O2S/c1-16-5-6-18(12-19-7-11-34-22(17(19)2)31-32-24(34)26(27,28)29)13-20(16)14-33-15-25(8-9-25)36-23-21(37(33)35)4-3-10-30-23/h3-7,10-11,13H,8-9,12,14-15H2,1-2H3. The molecular formula is C26H24F3N5O2S. The van der Waals surface area contributed by atoms with Crippen LogP contribution in [0.4, 0.5) is 13.2 Å². The van der Waals surface area contributed by atoms with Crippen LogP contribution in [-0.2, 0) is 30.5 Å². The van der Waals surface area contributed by atoms with Gasteiger partial charge in [0.05, 0.1) is 24.5 Å². The van der Waals surface area contributed by atoms with Crippen molar-refractivity contribution in [3.63, 3.8) is 0 Å². The van der Waals surface area contributed by atoms with Gasteiger partial charge >= 0.3 is 6.18 Å². The van der Waals surface area contributed by atoms with Crippen molar-refractivity contribution >= 4 is 17.0 Å². The topological polar surface area (TPSA) is 78.6 Å². The first kappa shape index (κ1) is 24.2. The largest absolute Gasteiger partial charge is 0.593 e. The van der Waals surface area contributed by atoms with E-state index in [2.05, 4.69) is 21.2 Å². The molecule has 3 aromatic heterocycles. The van der Waals surface area contributed by atoms with E-state index in [-0.39, 0.29) is 11.2 Å². The molecular weight excluding hydrogens is 503 g/mol. The van der Waals surface area contributed by atoms with E-state index in [1.165, 1.54) is 6.20 Å². The number of ether oxygens (including phenoxy) is 1. The van der Waals surface area contributed by atoms with E-state index >= 15 is 0 Å². The number of pyridine rings is 2. The number of fused-ring (bicyclic) bond motifs is 2. The molecule has 0 amide bonds. The Kier molecular flexibility index (Phi) is 5.70. The molecule has 0 radical (unpaired) electrons. The van der Waals surface area contributed by atoms with Crippen LogP contribution in [0.1, 0.15) is 46.5 Å². The Hall–Kier alpha value is -3.15. The molecule has 7 nitrogen and oxygen atoms in total. The van der Waals surface area contributed by atoms with Crippen LogP contribution < -0.4 is 4.74 Å². The fourth-order valence-corrected chi connectivity index (χ4v) is 6.10. The Labute approximate surface area is 214 Å². The fraction of sp³-hybridized carbons (Fsp3) is 0.346. The highest BCUT2D eigenvalue weighted by Crippen LogP contribution is 2.46. The summed E-state index contributed by atoms with van der Waals surface area (Å²) >= 11 is -1.42. The summed E-state index contributed by atoms with van der Waals surface area (Å²) in [4.78, 5) is 4.89. The van der Waals surface area contributed by atoms with E-state index in [1.807, 2.05) is 23.4 Å². The van der Waals surface area contributed by atoms with Crippen molar-refractivity contribution in [2.24, 2.45) is 0 Å². The Morgan fingerprint density at radius 2 is 1.92 bits per heavy atom. The monoisotopic (exact) mass is 527 g/mol. The van der Waals surface area contributed by atoms with Crippen molar-refractivity contribution in [3.05, 3.63) is 82.4 Å². The molecule has 11 heteroatoms. The SMILES string of the molecule is Cc1ccc(Cc2ccn3c(C(F)(F)F)nnc3c2C)cc1CN1CC2(CC2)Oc2ncccc2[S+]1[O-]. The fourth-order valence-electron chi connectivity index (χ4n) is 4.78. The van der Waals surface area contributed by atoms with Crippen molar-refractivity contribution in [3.8, 4) is 5.88 Å². The predicted molar refractivity (Wildman–Crippen MR) is 130 cm³/mol. The third-order valence-electron chi connectivity index (χ3n) is 7.09. The van der Waals surface area contributed by atoms with Crippen molar-refractivity contribution in [1.82, 2.24) is 23.9 Å². The summed E-state index contributed by atoms with van der Waals surface area (Å²) in [6.07, 6.45) is 0.765. The molecule has 2 aliphatic rings. The molecule has 4 heterocycles. The second-order valence-electron chi connectivity index (χ2n) is 9.76. The molecule has 0 saturated heterocycles. The maximum absolute atomic E-state index is 13.5. The second kappa shape index (κ2) is 8.71. The van der Waals surface area contributed by atoms with Crippen LogP contribution in [0.5, 0.6) is 5.88 Å². The average Bonchev–Trinajstić information content (AvgIpc) is 3.47. The number of rotatable bonds is 4. The number of alkyl halides is 3. The zero-order chi connectivity index (χ0) is 25.9. The van der Waals surface area contributed by atoms with Crippen molar-refractivity contribution in [1.29, 1.82) is 0 Å². The number of aromatic nitrogens is 4. The van der Waals surface area contributed by atoms with Gasteiger partial charge in [0.2, 0.25) is 10.7 Å². The summed E-state index contributed by atoms with van der Waals surface area (Å²) in [6, 6.07) is 11.4. The van der Waals surface area contributed by atoms with E-state index in [9.17, 15) is 17.7 Å². The molecule has 1 atom stereocenters. The molecule has 1 aromatic carbocycles. The molecule has 1 unspecified atom stereocenters. The van der Waals surface area contributed by atoms with Crippen LogP contribution in [0.25, 0.3) is 5.65 Å². The predicted octanol–water partition coefficient (Wildman–Crippen LogP) is 4.80. The summed E-state index contributed by atoms with van der Waals surface area (Å²) in [5, 5.41) is 7.14. The quantitative estimate of drug-likeness (QED) is 0.355. The molecule has 4 aromatic rings. The number of aryl methyl sites for hydroxylation is 2. The molecule has 1 fully saturated rings. The van der Waals surface area contributed by atoms with Crippen LogP contribution >= 0.6 is 0 Å². The molecule has 0 bridgehead atoms. The summed E-state index contributed by atoms with van der Waals surface area (Å²) in [5.41, 5.74) is 4.48. The molecule has 1 saturated carbocycles. The molecule has 1 spiro atoms. The van der Waals surface area contributed by atoms with Gasteiger partial charge in [-0.05, 0) is 73.1 Å². The van der Waals surface area contributed by atoms with Crippen molar-refractivity contribution < 1.29 is 22.5 Å². The van der Waals surface area contributed by atoms with Gasteiger partial charge in [-0.3, -0.25) is 4.40 Å². The van der Waals surface area contributed by atoms with Crippen LogP contribution in [-0.4, -0.2) is 40.6 Å². The highest BCUT2D eigenvalue weighted by atomic mass is 32.2. The molecule has 0 N–H and O–H groups in total. The smallest absolute Gasteiger partial charge is 0.452 e. The number of nitrogens with zero attached hydrogens (tertiary/aromatic N) is 5. The van der Waals surface area contributed by atoms with Crippen molar-refractivity contribution in [2.75, 3.05) is 6.54 Å². The lowest BCUT2D eigenvalue weighted by atomic mass is 9.98. The zero-order valence-corrected chi connectivity index (χ0v) is 21.1. The van der Waals surface area contributed by atoms with Crippen LogP contribution in [0.3, 0.4) is 0 Å². The van der Waals surface area contributed by atoms with Crippen LogP contribution in [0.2, 0.25) is 0 Å². The first-order chi connectivity index (χ1) is 17.6. The third kappa shape index (κ3) is 4.45. The van der Waals surface area contributed by atoms with E-state index in [0.29, 0.717) is 35.8 Å². The summed E-state index contributed by atoms with van der Waals surface area (Å²) in [7, 11) is 0. The third-order valence-corrected chi connectivity index (χ3v) is 8.50. The lowest BCUT2D eigenvalue weighted by Gasteiger charge is -2.24. The molecule has 37 heavy (non-hydrogen) atoms. The first-order valence-corrected chi connectivity index (χ1v) is 13.0. The van der Waals surface area contributed by atoms with Gasteiger partial charge in [0.15, 0.2) is 5.65 Å². The molecule has 192 valence electrons. The van der Waals surface area contributed by atoms with E-state index in [0.717, 1.165) is 39.5 Å². The highest BCUT2D eigenvalue weighted by Gasteiger charge is 2.53. The van der Waals surface area contributed by atoms with Gasteiger partial charge in [-0.25, -0.2) is 4.98 Å². The Morgan fingerprint density at radius 3 is 2.68 bits per heavy atom. The number of halogens is 3. The van der Waals surface area contributed by atoms with Gasteiger partial charge in [0, 0.05) is 18.5 Å². The lowest BCUT2D eigenvalue weighted by Crippen LogP contribution is -2.38. The minimum atomic E-state index is -4.58. The first-order valence-electron chi connectivity index (χ1n) is 11.9. The average molecular weight is 528 g/mol. The lowest BCUT2D eigenvalue weighted by molar-refractivity contribution is -0.145. The van der Waals surface area contributed by atoms with Crippen LogP contribution in [0, 0.1) is 13.8 Å². The van der Waals surface area contributed by atoms with Crippen LogP contribution in [0.15, 0.2) is 53.7 Å². The summed E-state index contributed by atoms with van der Waals surface area (Å²) in [5.74, 6) is -0.589. The summed E-state index contributed by atoms with van der Waals surface area (Å²) in [6.45, 7) is 4.80. The molecule has 1 aliphatic heterocycles. The normalized spacial score (nSPS) is 19.0. The molecule has 1 aliphatic carbocycles. The van der Waals surface area contributed by atoms with Gasteiger partial charge in [-0.2, -0.15) is 13.2 Å². The van der Waals surface area contributed by atoms with E-state index in [4.69, 9.17) is 4.74 Å². The van der Waals surface area contributed by atoms with Gasteiger partial charge < -0.3 is 9.29 Å². The summed E-state index contributed by atoms with van der Waals surface area (Å²) < 4.78 is 62.3. The number of benzene rings is 1. The Morgan fingerprint density at radius 1 is 1.11 bits per heavy atom. The van der Waals surface area contributed by atoms with Gasteiger partial charge in [0.1, 0.15) is 5.60 Å². The molecule has 6 rings (SSSR count). The van der Waals surface area contributed by atoms with Gasteiger partial charge in [0.25, 0.3) is 5.88 Å². The maximum atomic E-state index is 13.5. The minimum absolute atomic E-state index is 0.194. The Balaban J connectivity index is 1.28. The highest BCUT2D eigenvalue weighted by molar-refractivity contribution is 7.89. The van der Waals surface area contributed by atoms with E-state index in [1.54, 1.807) is 31.3 Å². The van der Waals surface area contributed by atoms with Gasteiger partial charge in [-0.15, -0.1) is 14.5 Å². The number of hydrogen-bond donors (Lipinski definition) is 0. The maximum Gasteiger partial charge on any atom is 0.452 e. The second-order valence-corrected chi connectivity index (χ2v) is 11.2. The van der Waals surface area contributed by atoms with Gasteiger partial charge in [-0.1, -0.05) is 18.2 Å². The van der Waals surface area contributed by atoms with Crippen molar-refractivity contribution in [2.45, 2.75) is 56.3 Å².